The number of para-hydroxylation sites is 2. The van der Waals surface area contributed by atoms with Crippen molar-refractivity contribution in [3.63, 3.8) is 0 Å². The van der Waals surface area contributed by atoms with Gasteiger partial charge in [-0.3, -0.25) is 14.6 Å². The van der Waals surface area contributed by atoms with Gasteiger partial charge in [0.05, 0.1) is 18.1 Å². The van der Waals surface area contributed by atoms with Crippen LogP contribution < -0.4 is 20.7 Å². The largest absolute Gasteiger partial charge is 0.493 e. The van der Waals surface area contributed by atoms with E-state index in [9.17, 15) is 14.4 Å². The van der Waals surface area contributed by atoms with E-state index in [0.717, 1.165) is 35.9 Å². The van der Waals surface area contributed by atoms with Gasteiger partial charge >= 0.3 is 11.7 Å². The van der Waals surface area contributed by atoms with Crippen LogP contribution in [-0.2, 0) is 11.3 Å². The SMILES string of the molecule is COc1ccccc1OC(=O)CCCCCCn1c2nc(=O)[nH]c(=O)c-2nc2cc(C)c(C)cc21. The van der Waals surface area contributed by atoms with Crippen molar-refractivity contribution in [2.75, 3.05) is 7.11 Å². The summed E-state index contributed by atoms with van der Waals surface area (Å²) in [4.78, 5) is 47.2. The number of aromatic amines is 1. The molecule has 0 radical (unpaired) electrons. The number of ether oxygens (including phenoxy) is 2. The zero-order valence-corrected chi connectivity index (χ0v) is 20.1. The third-order valence-corrected chi connectivity index (χ3v) is 6.03. The summed E-state index contributed by atoms with van der Waals surface area (Å²) in [5.74, 6) is 0.925. The molecule has 4 rings (SSSR count). The number of esters is 1. The highest BCUT2D eigenvalue weighted by atomic mass is 16.6. The number of nitrogens with zero attached hydrogens (tertiary/aromatic N) is 3. The number of methoxy groups -OCH3 is 1. The fourth-order valence-corrected chi connectivity index (χ4v) is 4.05. The quantitative estimate of drug-likeness (QED) is 0.169. The molecule has 1 N–H and O–H groups in total. The van der Waals surface area contributed by atoms with E-state index in [1.807, 2.05) is 36.6 Å². The molecule has 9 nitrogen and oxygen atoms in total. The summed E-state index contributed by atoms with van der Waals surface area (Å²) in [6.07, 6.45) is 3.48. The van der Waals surface area contributed by atoms with Gasteiger partial charge in [-0.15, -0.1) is 0 Å². The predicted molar refractivity (Wildman–Crippen MR) is 132 cm³/mol. The molecule has 0 fully saturated rings. The Hall–Kier alpha value is -4.01. The minimum atomic E-state index is -0.685. The van der Waals surface area contributed by atoms with E-state index >= 15 is 0 Å². The fraction of sp³-hybridized carbons (Fsp3) is 0.346. The van der Waals surface area contributed by atoms with Gasteiger partial charge in [-0.1, -0.05) is 25.0 Å². The van der Waals surface area contributed by atoms with Gasteiger partial charge in [-0.2, -0.15) is 4.98 Å². The first-order valence-corrected chi connectivity index (χ1v) is 11.6. The van der Waals surface area contributed by atoms with E-state index in [2.05, 4.69) is 15.0 Å². The number of benzene rings is 2. The number of carbonyl (C=O) groups is 1. The van der Waals surface area contributed by atoms with Crippen LogP contribution in [0.5, 0.6) is 11.5 Å². The Balaban J connectivity index is 1.41. The maximum Gasteiger partial charge on any atom is 0.349 e. The van der Waals surface area contributed by atoms with Crippen LogP contribution in [0.15, 0.2) is 46.0 Å². The van der Waals surface area contributed by atoms with Crippen molar-refractivity contribution in [1.29, 1.82) is 0 Å². The summed E-state index contributed by atoms with van der Waals surface area (Å²) in [7, 11) is 1.53. The van der Waals surface area contributed by atoms with E-state index in [4.69, 9.17) is 9.47 Å². The van der Waals surface area contributed by atoms with Crippen LogP contribution >= 0.6 is 0 Å². The van der Waals surface area contributed by atoms with E-state index < -0.39 is 11.2 Å². The van der Waals surface area contributed by atoms with Gasteiger partial charge in [0.15, 0.2) is 23.0 Å². The minimum absolute atomic E-state index is 0.152. The first-order chi connectivity index (χ1) is 16.9. The molecule has 2 aliphatic heterocycles. The topological polar surface area (TPSA) is 116 Å². The molecule has 0 spiro atoms. The second-order valence-electron chi connectivity index (χ2n) is 8.52. The van der Waals surface area contributed by atoms with Crippen LogP contribution in [0.4, 0.5) is 0 Å². The van der Waals surface area contributed by atoms with Gasteiger partial charge in [0.1, 0.15) is 0 Å². The third kappa shape index (κ3) is 5.40. The normalized spacial score (nSPS) is 11.2. The molecule has 182 valence electrons. The van der Waals surface area contributed by atoms with Crippen molar-refractivity contribution < 1.29 is 14.3 Å². The predicted octanol–water partition coefficient (Wildman–Crippen LogP) is 3.77. The smallest absolute Gasteiger partial charge is 0.349 e. The number of H-pyrrole nitrogens is 1. The molecule has 2 aromatic rings. The molecular formula is C26H28N4O5. The maximum atomic E-state index is 12.4. The molecule has 2 heterocycles. The summed E-state index contributed by atoms with van der Waals surface area (Å²) in [6.45, 7) is 4.57. The Morgan fingerprint density at radius 1 is 0.971 bits per heavy atom. The number of hydrogen-bond acceptors (Lipinski definition) is 7. The Bertz CT molecular complexity index is 1460. The summed E-state index contributed by atoms with van der Waals surface area (Å²) in [5.41, 5.74) is 2.61. The highest BCUT2D eigenvalue weighted by molar-refractivity contribution is 5.81. The summed E-state index contributed by atoms with van der Waals surface area (Å²) < 4.78 is 12.5. The summed E-state index contributed by atoms with van der Waals surface area (Å²) >= 11 is 0. The third-order valence-electron chi connectivity index (χ3n) is 6.03. The molecule has 0 bridgehead atoms. The minimum Gasteiger partial charge on any atom is -0.493 e. The molecule has 0 aromatic heterocycles. The summed E-state index contributed by atoms with van der Waals surface area (Å²) in [6, 6.07) is 11.0. The van der Waals surface area contributed by atoms with Crippen molar-refractivity contribution in [2.24, 2.45) is 0 Å². The maximum absolute atomic E-state index is 12.4. The molecule has 0 saturated heterocycles. The highest BCUT2D eigenvalue weighted by Gasteiger charge is 2.19. The zero-order chi connectivity index (χ0) is 24.9. The van der Waals surface area contributed by atoms with Crippen LogP contribution in [0, 0.1) is 13.8 Å². The number of rotatable bonds is 9. The van der Waals surface area contributed by atoms with E-state index in [1.54, 1.807) is 18.2 Å². The average Bonchev–Trinajstić information content (AvgIpc) is 2.82. The molecule has 0 unspecified atom stereocenters. The molecule has 0 aliphatic carbocycles. The molecule has 0 atom stereocenters. The first-order valence-electron chi connectivity index (χ1n) is 11.6. The van der Waals surface area contributed by atoms with Crippen LogP contribution in [0.3, 0.4) is 0 Å². The number of hydrogen-bond donors (Lipinski definition) is 1. The van der Waals surface area contributed by atoms with Gasteiger partial charge in [0.2, 0.25) is 0 Å². The lowest BCUT2D eigenvalue weighted by molar-refractivity contribution is -0.134. The molecule has 2 aromatic carbocycles. The van der Waals surface area contributed by atoms with Gasteiger partial charge in [0, 0.05) is 13.0 Å². The van der Waals surface area contributed by atoms with Gasteiger partial charge < -0.3 is 14.0 Å². The number of nitrogens with one attached hydrogen (secondary N) is 1. The standard InChI is InChI=1S/C26H28N4O5/c1-16-14-18-19(15-17(16)2)30(24-23(27-18)25(32)29-26(33)28-24)13-9-5-4-6-12-22(31)35-21-11-8-7-10-20(21)34-3/h7-8,10-11,14-15H,4-6,9,12-13H2,1-3H3,(H,29,32,33). The van der Waals surface area contributed by atoms with Crippen molar-refractivity contribution >= 4 is 17.0 Å². The Kier molecular flexibility index (Phi) is 7.24. The molecule has 2 aliphatic rings. The van der Waals surface area contributed by atoms with Crippen LogP contribution in [-0.4, -0.2) is 32.6 Å². The lowest BCUT2D eigenvalue weighted by atomic mass is 10.1. The lowest BCUT2D eigenvalue weighted by Gasteiger charge is -2.17. The molecule has 9 heteroatoms. The highest BCUT2D eigenvalue weighted by Crippen LogP contribution is 2.27. The average molecular weight is 477 g/mol. The van der Waals surface area contributed by atoms with Crippen molar-refractivity contribution in [3.8, 4) is 23.0 Å². The second-order valence-corrected chi connectivity index (χ2v) is 8.52. The zero-order valence-electron chi connectivity index (χ0n) is 20.1. The van der Waals surface area contributed by atoms with Gasteiger partial charge in [0.25, 0.3) is 5.56 Å². The van der Waals surface area contributed by atoms with Gasteiger partial charge in [-0.25, -0.2) is 9.78 Å². The van der Waals surface area contributed by atoms with E-state index in [1.165, 1.54) is 7.11 Å². The van der Waals surface area contributed by atoms with Crippen molar-refractivity contribution in [2.45, 2.75) is 52.5 Å². The molecule has 0 saturated carbocycles. The monoisotopic (exact) mass is 476 g/mol. The van der Waals surface area contributed by atoms with Crippen LogP contribution in [0.25, 0.3) is 22.6 Å². The Labute approximate surface area is 202 Å². The first kappa shape index (κ1) is 24.1. The lowest BCUT2D eigenvalue weighted by Crippen LogP contribution is -2.29. The molecule has 35 heavy (non-hydrogen) atoms. The van der Waals surface area contributed by atoms with E-state index in [-0.39, 0.29) is 17.5 Å². The number of unbranched alkanes of at least 4 members (excludes halogenated alkanes) is 3. The second kappa shape index (κ2) is 10.5. The van der Waals surface area contributed by atoms with Crippen molar-refractivity contribution in [1.82, 2.24) is 19.5 Å². The van der Waals surface area contributed by atoms with E-state index in [0.29, 0.717) is 36.4 Å². The Morgan fingerprint density at radius 2 is 1.69 bits per heavy atom. The fourth-order valence-electron chi connectivity index (χ4n) is 4.05. The van der Waals surface area contributed by atoms with Crippen molar-refractivity contribution in [3.05, 3.63) is 68.4 Å². The Morgan fingerprint density at radius 3 is 2.46 bits per heavy atom. The number of carbonyl (C=O) groups excluding carboxylic acids is 1. The molecular weight excluding hydrogens is 448 g/mol. The number of aryl methyl sites for hydroxylation is 3. The number of fused-ring (bicyclic) bond motifs is 2. The number of aromatic nitrogens is 4. The summed E-state index contributed by atoms with van der Waals surface area (Å²) in [5, 5.41) is 0. The van der Waals surface area contributed by atoms with Crippen LogP contribution in [0.2, 0.25) is 0 Å². The molecule has 0 amide bonds. The van der Waals surface area contributed by atoms with Crippen LogP contribution in [0.1, 0.15) is 43.2 Å². The van der Waals surface area contributed by atoms with Gasteiger partial charge in [-0.05, 0) is 62.1 Å².